The van der Waals surface area contributed by atoms with Gasteiger partial charge >= 0.3 is 0 Å². The Labute approximate surface area is 287 Å². The van der Waals surface area contributed by atoms with Gasteiger partial charge in [0, 0.05) is 38.7 Å². The molecule has 0 unspecified atom stereocenters. The summed E-state index contributed by atoms with van der Waals surface area (Å²) in [6.07, 6.45) is 0. The highest BCUT2D eigenvalue weighted by atomic mass is 16.3. The van der Waals surface area contributed by atoms with E-state index in [2.05, 4.69) is 158 Å². The molecule has 0 aliphatic rings. The summed E-state index contributed by atoms with van der Waals surface area (Å²) in [6, 6.07) is 60.9. The predicted octanol–water partition coefficient (Wildman–Crippen LogP) is 13.9. The van der Waals surface area contributed by atoms with Gasteiger partial charge in [-0.1, -0.05) is 146 Å². The Morgan fingerprint density at radius 3 is 1.62 bits per heavy atom. The fourth-order valence-corrected chi connectivity index (χ4v) is 8.22. The average molecular weight is 637 g/mol. The van der Waals surface area contributed by atoms with E-state index in [4.69, 9.17) is 8.83 Å². The van der Waals surface area contributed by atoms with Crippen molar-refractivity contribution >= 4 is 76.2 Å². The molecule has 9 aromatic carbocycles. The van der Waals surface area contributed by atoms with Crippen LogP contribution in [0.4, 0.5) is 0 Å². The van der Waals surface area contributed by atoms with Crippen molar-refractivity contribution in [2.24, 2.45) is 0 Å². The third-order valence-corrected chi connectivity index (χ3v) is 10.5. The molecule has 0 aliphatic heterocycles. The quantitative estimate of drug-likeness (QED) is 0.180. The van der Waals surface area contributed by atoms with Crippen molar-refractivity contribution in [2.75, 3.05) is 0 Å². The summed E-state index contributed by atoms with van der Waals surface area (Å²) in [5.41, 5.74) is 10.6. The fourth-order valence-electron chi connectivity index (χ4n) is 8.22. The highest BCUT2D eigenvalue weighted by Crippen LogP contribution is 2.48. The lowest BCUT2D eigenvalue weighted by Gasteiger charge is -2.19. The van der Waals surface area contributed by atoms with Gasteiger partial charge in [-0.15, -0.1) is 0 Å². The summed E-state index contributed by atoms with van der Waals surface area (Å²) in [6.45, 7) is 0. The molecule has 0 atom stereocenters. The van der Waals surface area contributed by atoms with Gasteiger partial charge in [0.15, 0.2) is 0 Å². The normalized spacial score (nSPS) is 12.0. The van der Waals surface area contributed by atoms with Gasteiger partial charge in [0.05, 0.1) is 0 Å². The smallest absolute Gasteiger partial charge is 0.143 e. The minimum Gasteiger partial charge on any atom is -0.456 e. The van der Waals surface area contributed by atoms with E-state index in [0.717, 1.165) is 49.4 Å². The average Bonchev–Trinajstić information content (AvgIpc) is 3.73. The van der Waals surface area contributed by atoms with Crippen molar-refractivity contribution in [2.45, 2.75) is 0 Å². The summed E-state index contributed by atoms with van der Waals surface area (Å²) in [4.78, 5) is 0. The van der Waals surface area contributed by atoms with Crippen LogP contribution >= 0.6 is 0 Å². The Balaban J connectivity index is 1.21. The Hall–Kier alpha value is -6.64. The molecule has 0 bridgehead atoms. The monoisotopic (exact) mass is 636 g/mol. The van der Waals surface area contributed by atoms with Gasteiger partial charge in [0.1, 0.15) is 22.3 Å². The van der Waals surface area contributed by atoms with Crippen LogP contribution in [0.2, 0.25) is 0 Å². The molecule has 0 saturated carbocycles. The molecule has 0 spiro atoms. The molecule has 2 nitrogen and oxygen atoms in total. The molecule has 232 valence electrons. The van der Waals surface area contributed by atoms with E-state index in [1.54, 1.807) is 0 Å². The van der Waals surface area contributed by atoms with Crippen molar-refractivity contribution in [1.82, 2.24) is 0 Å². The summed E-state index contributed by atoms with van der Waals surface area (Å²) >= 11 is 0. The zero-order chi connectivity index (χ0) is 32.8. The Bertz CT molecular complexity index is 3080. The predicted molar refractivity (Wildman–Crippen MR) is 210 cm³/mol. The summed E-state index contributed by atoms with van der Waals surface area (Å²) in [7, 11) is 0. The van der Waals surface area contributed by atoms with Crippen molar-refractivity contribution < 1.29 is 8.83 Å². The molecule has 2 heteroatoms. The third-order valence-electron chi connectivity index (χ3n) is 10.5. The van der Waals surface area contributed by atoms with Crippen LogP contribution < -0.4 is 0 Å². The van der Waals surface area contributed by atoms with Crippen LogP contribution in [0.25, 0.3) is 110 Å². The summed E-state index contributed by atoms with van der Waals surface area (Å²) in [5.74, 6) is 0. The van der Waals surface area contributed by atoms with E-state index in [9.17, 15) is 0 Å². The SMILES string of the molecule is c1ccc(-c2ccc3cccc(-c4c5ccccc5c(-c5cccc6c5oc5cc7oc8ccccc8c7cc56)c5ccccc45)c3c2)cc1. The highest BCUT2D eigenvalue weighted by Gasteiger charge is 2.22. The molecule has 11 aromatic rings. The summed E-state index contributed by atoms with van der Waals surface area (Å²) in [5, 5.41) is 11.7. The first kappa shape index (κ1) is 27.3. The van der Waals surface area contributed by atoms with E-state index in [1.807, 2.05) is 12.1 Å². The maximum atomic E-state index is 6.81. The van der Waals surface area contributed by atoms with Gasteiger partial charge < -0.3 is 8.83 Å². The minimum absolute atomic E-state index is 0.828. The van der Waals surface area contributed by atoms with Gasteiger partial charge in [-0.25, -0.2) is 0 Å². The number of fused-ring (bicyclic) bond motifs is 9. The highest BCUT2D eigenvalue weighted by molar-refractivity contribution is 6.26. The maximum absolute atomic E-state index is 6.81. The molecule has 0 N–H and O–H groups in total. The van der Waals surface area contributed by atoms with E-state index in [1.165, 1.54) is 60.1 Å². The van der Waals surface area contributed by atoms with Gasteiger partial charge in [-0.2, -0.15) is 0 Å². The topological polar surface area (TPSA) is 26.3 Å². The third kappa shape index (κ3) is 3.90. The molecule has 50 heavy (non-hydrogen) atoms. The molecule has 0 aliphatic carbocycles. The molecule has 11 rings (SSSR count). The first-order chi connectivity index (χ1) is 24.8. The molecule has 0 radical (unpaired) electrons. The number of furan rings is 2. The maximum Gasteiger partial charge on any atom is 0.143 e. The Morgan fingerprint density at radius 1 is 0.280 bits per heavy atom. The van der Waals surface area contributed by atoms with Crippen LogP contribution in [0.15, 0.2) is 179 Å². The van der Waals surface area contributed by atoms with Gasteiger partial charge in [-0.05, 0) is 72.8 Å². The Kier molecular flexibility index (Phi) is 5.70. The first-order valence-corrected chi connectivity index (χ1v) is 17.1. The number of para-hydroxylation sites is 2. The van der Waals surface area contributed by atoms with Crippen molar-refractivity contribution in [3.8, 4) is 33.4 Å². The zero-order valence-corrected chi connectivity index (χ0v) is 27.0. The molecule has 0 fully saturated rings. The van der Waals surface area contributed by atoms with E-state index in [-0.39, 0.29) is 0 Å². The van der Waals surface area contributed by atoms with E-state index < -0.39 is 0 Å². The van der Waals surface area contributed by atoms with Gasteiger partial charge in [0.2, 0.25) is 0 Å². The van der Waals surface area contributed by atoms with Crippen LogP contribution in [-0.4, -0.2) is 0 Å². The van der Waals surface area contributed by atoms with E-state index >= 15 is 0 Å². The number of hydrogen-bond donors (Lipinski definition) is 0. The van der Waals surface area contributed by atoms with Crippen LogP contribution in [0.3, 0.4) is 0 Å². The Morgan fingerprint density at radius 2 is 0.860 bits per heavy atom. The second-order valence-electron chi connectivity index (χ2n) is 13.2. The minimum atomic E-state index is 0.828. The summed E-state index contributed by atoms with van der Waals surface area (Å²) < 4.78 is 13.1. The zero-order valence-electron chi connectivity index (χ0n) is 27.0. The lowest BCUT2D eigenvalue weighted by atomic mass is 9.84. The van der Waals surface area contributed by atoms with Crippen LogP contribution in [0.5, 0.6) is 0 Å². The molecular formula is C48H28O2. The van der Waals surface area contributed by atoms with Crippen molar-refractivity contribution in [3.05, 3.63) is 170 Å². The molecular weight excluding hydrogens is 609 g/mol. The lowest BCUT2D eigenvalue weighted by molar-refractivity contribution is 0.656. The first-order valence-electron chi connectivity index (χ1n) is 17.1. The molecule has 2 heterocycles. The molecule has 0 saturated heterocycles. The molecule has 0 amide bonds. The standard InChI is InChI=1S/C48H28O2/c1-2-12-29(13-3-1)31-25-24-30-14-10-20-37(40(30)26-31)46-33-16-4-6-18-35(33)47(36-19-7-5-17-34(36)46)39-22-11-21-38-42-27-41-32-15-8-9-23-43(32)49-44(41)28-45(42)50-48(38)39/h1-28H. The van der Waals surface area contributed by atoms with Gasteiger partial charge in [-0.3, -0.25) is 0 Å². The largest absolute Gasteiger partial charge is 0.456 e. The van der Waals surface area contributed by atoms with Crippen LogP contribution in [0, 0.1) is 0 Å². The van der Waals surface area contributed by atoms with Crippen molar-refractivity contribution in [1.29, 1.82) is 0 Å². The second kappa shape index (κ2) is 10.4. The lowest BCUT2D eigenvalue weighted by Crippen LogP contribution is -1.92. The van der Waals surface area contributed by atoms with Crippen LogP contribution in [-0.2, 0) is 0 Å². The number of hydrogen-bond acceptors (Lipinski definition) is 2. The van der Waals surface area contributed by atoms with Crippen molar-refractivity contribution in [3.63, 3.8) is 0 Å². The van der Waals surface area contributed by atoms with E-state index in [0.29, 0.717) is 0 Å². The number of rotatable bonds is 3. The second-order valence-corrected chi connectivity index (χ2v) is 13.2. The fraction of sp³-hybridized carbons (Fsp3) is 0. The van der Waals surface area contributed by atoms with Crippen LogP contribution in [0.1, 0.15) is 0 Å². The molecule has 2 aromatic heterocycles. The van der Waals surface area contributed by atoms with Gasteiger partial charge in [0.25, 0.3) is 0 Å². The number of benzene rings is 9.